The van der Waals surface area contributed by atoms with Crippen LogP contribution >= 0.6 is 0 Å². The van der Waals surface area contributed by atoms with E-state index in [2.05, 4.69) is 6.92 Å². The highest BCUT2D eigenvalue weighted by Crippen LogP contribution is 2.60. The van der Waals surface area contributed by atoms with Gasteiger partial charge in [-0.05, 0) is 26.7 Å². The van der Waals surface area contributed by atoms with Gasteiger partial charge in [-0.2, -0.15) is 0 Å². The average molecular weight is 296 g/mol. The first-order valence-electron chi connectivity index (χ1n) is 7.80. The van der Waals surface area contributed by atoms with Crippen molar-refractivity contribution >= 4 is 11.9 Å². The monoisotopic (exact) mass is 296 g/mol. The molecule has 2 N–H and O–H groups in total. The molecule has 1 aliphatic rings. The van der Waals surface area contributed by atoms with Gasteiger partial charge in [0, 0.05) is 5.41 Å². The minimum Gasteiger partial charge on any atom is -0.481 e. The highest BCUT2D eigenvalue weighted by molar-refractivity contribution is 5.83. The molecule has 3 atom stereocenters. The van der Waals surface area contributed by atoms with Crippen molar-refractivity contribution in [2.45, 2.75) is 66.2 Å². The van der Waals surface area contributed by atoms with E-state index in [0.717, 1.165) is 25.7 Å². The molecule has 0 aromatic rings. The molecule has 0 amide bonds. The quantitative estimate of drug-likeness (QED) is 0.548. The summed E-state index contributed by atoms with van der Waals surface area (Å²) in [5.74, 6) is -1.85. The van der Waals surface area contributed by atoms with Crippen LogP contribution in [0.4, 0.5) is 0 Å². The Labute approximate surface area is 127 Å². The summed E-state index contributed by atoms with van der Waals surface area (Å²) in [6.07, 6.45) is 8.49. The van der Waals surface area contributed by atoms with E-state index >= 15 is 0 Å². The van der Waals surface area contributed by atoms with Crippen LogP contribution in [-0.2, 0) is 9.59 Å². The Morgan fingerprint density at radius 1 is 1.05 bits per heavy atom. The lowest BCUT2D eigenvalue weighted by atomic mass is 9.47. The minimum absolute atomic E-state index is 0.384. The van der Waals surface area contributed by atoms with E-state index in [1.54, 1.807) is 26.0 Å². The fraction of sp³-hybridized carbons (Fsp3) is 0.765. The lowest BCUT2D eigenvalue weighted by Crippen LogP contribution is -2.57. The van der Waals surface area contributed by atoms with E-state index in [-0.39, 0.29) is 0 Å². The van der Waals surface area contributed by atoms with E-state index < -0.39 is 28.2 Å². The first-order valence-corrected chi connectivity index (χ1v) is 7.80. The highest BCUT2D eigenvalue weighted by Gasteiger charge is 2.62. The molecule has 0 radical (unpaired) electrons. The molecule has 3 unspecified atom stereocenters. The Morgan fingerprint density at radius 2 is 1.67 bits per heavy atom. The molecule has 0 aromatic carbocycles. The Kier molecular flexibility index (Phi) is 5.24. The Morgan fingerprint density at radius 3 is 2.14 bits per heavy atom. The average Bonchev–Trinajstić information content (AvgIpc) is 2.41. The third kappa shape index (κ3) is 2.72. The summed E-state index contributed by atoms with van der Waals surface area (Å²) in [5.41, 5.74) is -3.01. The van der Waals surface area contributed by atoms with Gasteiger partial charge in [-0.1, -0.05) is 51.7 Å². The van der Waals surface area contributed by atoms with Crippen LogP contribution in [0, 0.1) is 16.2 Å². The molecule has 0 heterocycles. The zero-order valence-corrected chi connectivity index (χ0v) is 13.6. The molecule has 0 aromatic heterocycles. The van der Waals surface area contributed by atoms with Crippen LogP contribution in [0.2, 0.25) is 0 Å². The maximum absolute atomic E-state index is 11.9. The van der Waals surface area contributed by atoms with E-state index in [4.69, 9.17) is 0 Å². The summed E-state index contributed by atoms with van der Waals surface area (Å²) in [6, 6.07) is 0. The second-order valence-electron chi connectivity index (χ2n) is 6.89. The fourth-order valence-corrected chi connectivity index (χ4v) is 3.58. The molecule has 0 aliphatic heterocycles. The third-order valence-corrected chi connectivity index (χ3v) is 5.79. The molecule has 21 heavy (non-hydrogen) atoms. The van der Waals surface area contributed by atoms with Crippen LogP contribution in [0.25, 0.3) is 0 Å². The summed E-state index contributed by atoms with van der Waals surface area (Å²) < 4.78 is 0. The number of aliphatic carboxylic acids is 2. The van der Waals surface area contributed by atoms with Crippen molar-refractivity contribution in [3.05, 3.63) is 12.2 Å². The number of carbonyl (C=O) groups is 2. The second kappa shape index (κ2) is 6.20. The number of hydrogen-bond donors (Lipinski definition) is 2. The van der Waals surface area contributed by atoms with E-state index in [0.29, 0.717) is 12.8 Å². The summed E-state index contributed by atoms with van der Waals surface area (Å²) in [4.78, 5) is 23.7. The van der Waals surface area contributed by atoms with Crippen LogP contribution in [0.3, 0.4) is 0 Å². The molecule has 4 nitrogen and oxygen atoms in total. The number of unbranched alkanes of at least 4 members (excludes halogenated alkanes) is 3. The molecule has 4 heteroatoms. The van der Waals surface area contributed by atoms with Gasteiger partial charge in [-0.3, -0.25) is 9.59 Å². The Hall–Kier alpha value is -1.32. The van der Waals surface area contributed by atoms with Gasteiger partial charge < -0.3 is 10.2 Å². The van der Waals surface area contributed by atoms with Gasteiger partial charge in [0.1, 0.15) is 0 Å². The van der Waals surface area contributed by atoms with Crippen LogP contribution in [-0.4, -0.2) is 22.2 Å². The minimum atomic E-state index is -1.15. The maximum Gasteiger partial charge on any atom is 0.313 e. The van der Waals surface area contributed by atoms with Crippen molar-refractivity contribution in [1.82, 2.24) is 0 Å². The fourth-order valence-electron chi connectivity index (χ4n) is 3.58. The van der Waals surface area contributed by atoms with E-state index in [1.165, 1.54) is 0 Å². The predicted molar refractivity (Wildman–Crippen MR) is 82.1 cm³/mol. The number of allylic oxidation sites excluding steroid dienone is 1. The molecule has 120 valence electrons. The smallest absolute Gasteiger partial charge is 0.313 e. The van der Waals surface area contributed by atoms with Crippen molar-refractivity contribution < 1.29 is 19.8 Å². The lowest BCUT2D eigenvalue weighted by Gasteiger charge is -2.54. The van der Waals surface area contributed by atoms with E-state index in [9.17, 15) is 19.8 Å². The molecule has 1 aliphatic carbocycles. The largest absolute Gasteiger partial charge is 0.481 e. The third-order valence-electron chi connectivity index (χ3n) is 5.79. The van der Waals surface area contributed by atoms with Gasteiger partial charge in [0.05, 0.1) is 10.8 Å². The van der Waals surface area contributed by atoms with Gasteiger partial charge in [0.2, 0.25) is 0 Å². The number of carboxylic acid groups (broad SMARTS) is 2. The van der Waals surface area contributed by atoms with Crippen molar-refractivity contribution in [2.75, 3.05) is 0 Å². The standard InChI is InChI=1S/C17H28O4/c1-5-6-7-8-12-17(4)15(2,13(18)19)10-9-11-16(17,3)14(20)21/h9-10H,5-8,11-12H2,1-4H3,(H,18,19)(H,20,21). The van der Waals surface area contributed by atoms with Crippen LogP contribution in [0.1, 0.15) is 66.2 Å². The summed E-state index contributed by atoms with van der Waals surface area (Å²) >= 11 is 0. The lowest BCUT2D eigenvalue weighted by molar-refractivity contribution is -0.175. The van der Waals surface area contributed by atoms with Gasteiger partial charge >= 0.3 is 11.9 Å². The summed E-state index contributed by atoms with van der Waals surface area (Å²) in [7, 11) is 0. The number of carboxylic acids is 2. The summed E-state index contributed by atoms with van der Waals surface area (Å²) in [5, 5.41) is 19.4. The molecule has 0 saturated carbocycles. The van der Waals surface area contributed by atoms with Crippen LogP contribution < -0.4 is 0 Å². The first-order chi connectivity index (χ1) is 9.65. The van der Waals surface area contributed by atoms with Crippen LogP contribution in [0.15, 0.2) is 12.2 Å². The van der Waals surface area contributed by atoms with Crippen molar-refractivity contribution in [2.24, 2.45) is 16.2 Å². The SMILES string of the molecule is CCCCCCC1(C)C(C)(C(=O)O)C=CCC1(C)C(=O)O. The molecule has 1 rings (SSSR count). The van der Waals surface area contributed by atoms with Gasteiger partial charge in [0.15, 0.2) is 0 Å². The molecular weight excluding hydrogens is 268 g/mol. The zero-order valence-electron chi connectivity index (χ0n) is 13.6. The Bertz CT molecular complexity index is 442. The van der Waals surface area contributed by atoms with Gasteiger partial charge in [-0.15, -0.1) is 0 Å². The normalized spacial score (nSPS) is 35.6. The van der Waals surface area contributed by atoms with Gasteiger partial charge in [0.25, 0.3) is 0 Å². The van der Waals surface area contributed by atoms with Gasteiger partial charge in [-0.25, -0.2) is 0 Å². The molecule has 0 fully saturated rings. The zero-order chi connectivity index (χ0) is 16.3. The number of hydrogen-bond acceptors (Lipinski definition) is 2. The second-order valence-corrected chi connectivity index (χ2v) is 6.89. The van der Waals surface area contributed by atoms with E-state index in [1.807, 2.05) is 6.92 Å². The molecule has 0 spiro atoms. The predicted octanol–water partition coefficient (Wildman–Crippen LogP) is 4.10. The van der Waals surface area contributed by atoms with Crippen molar-refractivity contribution in [3.8, 4) is 0 Å². The highest BCUT2D eigenvalue weighted by atomic mass is 16.4. The van der Waals surface area contributed by atoms with Crippen LogP contribution in [0.5, 0.6) is 0 Å². The molecular formula is C17H28O4. The molecule has 0 saturated heterocycles. The maximum atomic E-state index is 11.9. The molecule has 0 bridgehead atoms. The Balaban J connectivity index is 3.21. The van der Waals surface area contributed by atoms with Crippen molar-refractivity contribution in [3.63, 3.8) is 0 Å². The van der Waals surface area contributed by atoms with Crippen molar-refractivity contribution in [1.29, 1.82) is 0 Å². The number of rotatable bonds is 7. The topological polar surface area (TPSA) is 74.6 Å². The summed E-state index contributed by atoms with van der Waals surface area (Å²) in [6.45, 7) is 7.31. The first kappa shape index (κ1) is 17.7.